The van der Waals surface area contributed by atoms with Gasteiger partial charge in [0.25, 0.3) is 5.91 Å². The summed E-state index contributed by atoms with van der Waals surface area (Å²) >= 11 is 0. The molecular weight excluding hydrogens is 500 g/mol. The average Bonchev–Trinajstić information content (AvgIpc) is 3.48. The monoisotopic (exact) mass is 530 g/mol. The lowest BCUT2D eigenvalue weighted by atomic mass is 10.2. The molecule has 1 heterocycles. The fraction of sp³-hybridized carbons (Fsp3) is 0.152. The molecule has 0 spiro atoms. The molecule has 3 amide bonds. The van der Waals surface area contributed by atoms with Crippen LogP contribution in [0.25, 0.3) is 0 Å². The smallest absolute Gasteiger partial charge is 0.323 e. The van der Waals surface area contributed by atoms with Gasteiger partial charge in [0.05, 0.1) is 6.04 Å². The summed E-state index contributed by atoms with van der Waals surface area (Å²) in [5.74, 6) is 6.95. The van der Waals surface area contributed by atoms with Gasteiger partial charge in [0, 0.05) is 48.7 Å². The summed E-state index contributed by atoms with van der Waals surface area (Å²) in [7, 11) is 1.81. The van der Waals surface area contributed by atoms with E-state index in [4.69, 9.17) is 4.74 Å². The van der Waals surface area contributed by atoms with Gasteiger partial charge in [0.2, 0.25) is 0 Å². The van der Waals surface area contributed by atoms with Gasteiger partial charge < -0.3 is 25.2 Å². The molecule has 1 aliphatic rings. The van der Waals surface area contributed by atoms with E-state index in [1.165, 1.54) is 0 Å². The highest BCUT2D eigenvalue weighted by molar-refractivity contribution is 5.99. The third-order valence-electron chi connectivity index (χ3n) is 6.70. The molecule has 1 aliphatic heterocycles. The lowest BCUT2D eigenvalue weighted by Crippen LogP contribution is -2.38. The lowest BCUT2D eigenvalue weighted by molar-refractivity contribution is -0.125. The second-order valence-corrected chi connectivity index (χ2v) is 9.49. The molecule has 0 bridgehead atoms. The molecule has 7 nitrogen and oxygen atoms in total. The van der Waals surface area contributed by atoms with Crippen molar-refractivity contribution in [3.63, 3.8) is 0 Å². The van der Waals surface area contributed by atoms with Gasteiger partial charge in [-0.15, -0.1) is 0 Å². The quantitative estimate of drug-likeness (QED) is 0.291. The van der Waals surface area contributed by atoms with Gasteiger partial charge in [-0.05, 0) is 79.2 Å². The molecule has 1 unspecified atom stereocenters. The molecule has 200 valence electrons. The fourth-order valence-corrected chi connectivity index (χ4v) is 4.47. The summed E-state index contributed by atoms with van der Waals surface area (Å²) in [6, 6.07) is 33.7. The maximum atomic E-state index is 12.6. The largest absolute Gasteiger partial charge is 0.457 e. The van der Waals surface area contributed by atoms with Gasteiger partial charge in [0.15, 0.2) is 0 Å². The molecular formula is C33H30N4O3. The summed E-state index contributed by atoms with van der Waals surface area (Å²) in [6.07, 6.45) is 0.868. The van der Waals surface area contributed by atoms with Crippen LogP contribution >= 0.6 is 0 Å². The number of benzene rings is 4. The average molecular weight is 531 g/mol. The molecule has 4 aromatic carbocycles. The van der Waals surface area contributed by atoms with E-state index in [0.717, 1.165) is 36.5 Å². The van der Waals surface area contributed by atoms with Gasteiger partial charge in [-0.25, -0.2) is 4.79 Å². The molecule has 0 radical (unpaired) electrons. The van der Waals surface area contributed by atoms with E-state index in [-0.39, 0.29) is 18.0 Å². The second-order valence-electron chi connectivity index (χ2n) is 9.49. The molecule has 40 heavy (non-hydrogen) atoms. The predicted molar refractivity (Wildman–Crippen MR) is 159 cm³/mol. The first-order valence-corrected chi connectivity index (χ1v) is 13.1. The Kier molecular flexibility index (Phi) is 8.28. The number of amides is 3. The van der Waals surface area contributed by atoms with Crippen molar-refractivity contribution in [3.05, 3.63) is 115 Å². The van der Waals surface area contributed by atoms with Gasteiger partial charge in [0.1, 0.15) is 11.5 Å². The Morgan fingerprint density at radius 1 is 0.800 bits per heavy atom. The van der Waals surface area contributed by atoms with Crippen LogP contribution in [0.2, 0.25) is 0 Å². The molecule has 0 aromatic heterocycles. The van der Waals surface area contributed by atoms with Crippen LogP contribution in [0.3, 0.4) is 0 Å². The summed E-state index contributed by atoms with van der Waals surface area (Å²) in [4.78, 5) is 29.1. The second kappa shape index (κ2) is 12.5. The Morgan fingerprint density at radius 3 is 2.02 bits per heavy atom. The van der Waals surface area contributed by atoms with Crippen molar-refractivity contribution >= 4 is 29.0 Å². The van der Waals surface area contributed by atoms with Crippen LogP contribution in [0.4, 0.5) is 21.9 Å². The van der Waals surface area contributed by atoms with Crippen molar-refractivity contribution in [2.75, 3.05) is 35.7 Å². The number of nitrogens with one attached hydrogen (secondary N) is 2. The molecule has 2 N–H and O–H groups in total. The molecule has 0 saturated carbocycles. The van der Waals surface area contributed by atoms with E-state index < -0.39 is 0 Å². The minimum atomic E-state index is -0.331. The molecule has 1 atom stereocenters. The van der Waals surface area contributed by atoms with Crippen molar-refractivity contribution in [2.24, 2.45) is 0 Å². The highest BCUT2D eigenvalue weighted by Crippen LogP contribution is 2.25. The zero-order valence-corrected chi connectivity index (χ0v) is 22.2. The molecule has 1 fully saturated rings. The van der Waals surface area contributed by atoms with E-state index in [9.17, 15) is 9.59 Å². The van der Waals surface area contributed by atoms with Crippen molar-refractivity contribution in [1.29, 1.82) is 0 Å². The lowest BCUT2D eigenvalue weighted by Gasteiger charge is -2.24. The summed E-state index contributed by atoms with van der Waals surface area (Å²) < 4.78 is 5.79. The third-order valence-corrected chi connectivity index (χ3v) is 6.70. The maximum Gasteiger partial charge on any atom is 0.323 e. The summed E-state index contributed by atoms with van der Waals surface area (Å²) in [6.45, 7) is 1.57. The van der Waals surface area contributed by atoms with Crippen LogP contribution in [-0.2, 0) is 4.79 Å². The first kappa shape index (κ1) is 26.4. The van der Waals surface area contributed by atoms with Crippen LogP contribution in [0.15, 0.2) is 109 Å². The van der Waals surface area contributed by atoms with E-state index in [1.54, 1.807) is 17.0 Å². The van der Waals surface area contributed by atoms with Crippen molar-refractivity contribution in [1.82, 2.24) is 4.90 Å². The van der Waals surface area contributed by atoms with Gasteiger partial charge in [-0.2, -0.15) is 0 Å². The van der Waals surface area contributed by atoms with Crippen molar-refractivity contribution in [2.45, 2.75) is 12.5 Å². The van der Waals surface area contributed by atoms with Gasteiger partial charge in [-0.3, -0.25) is 4.79 Å². The number of rotatable bonds is 6. The minimum absolute atomic E-state index is 0.0885. The first-order valence-electron chi connectivity index (χ1n) is 13.1. The van der Waals surface area contributed by atoms with Crippen molar-refractivity contribution in [3.8, 4) is 23.3 Å². The maximum absolute atomic E-state index is 12.6. The standard InChI is InChI=1S/C33H30N4O3/c1-36(32(38)21-12-25-8-4-2-5-9-25)29-22-23-37(24-29)28-17-13-26(14-18-28)34-33(39)35-27-15-19-31(20-16-27)40-30-10-6-3-7-11-30/h2-11,13-20,29H,22-24H2,1H3,(H2,34,35,39). The first-order chi connectivity index (χ1) is 19.5. The normalized spacial score (nSPS) is 14.0. The topological polar surface area (TPSA) is 73.9 Å². The Hall–Kier alpha value is -5.22. The Labute approximate surface area is 234 Å². The zero-order valence-electron chi connectivity index (χ0n) is 22.2. The number of hydrogen-bond donors (Lipinski definition) is 2. The van der Waals surface area contributed by atoms with E-state index in [2.05, 4.69) is 27.4 Å². The number of ether oxygens (including phenoxy) is 1. The van der Waals surface area contributed by atoms with Crippen molar-refractivity contribution < 1.29 is 14.3 Å². The number of likely N-dealkylation sites (N-methyl/N-ethyl adjacent to an activating group) is 1. The molecule has 0 aliphatic carbocycles. The zero-order chi connectivity index (χ0) is 27.7. The number of carbonyl (C=O) groups excluding carboxylic acids is 2. The van der Waals surface area contributed by atoms with Gasteiger partial charge in [-0.1, -0.05) is 42.3 Å². The van der Waals surface area contributed by atoms with Crippen LogP contribution in [0.1, 0.15) is 12.0 Å². The molecule has 1 saturated heterocycles. The predicted octanol–water partition coefficient (Wildman–Crippen LogP) is 6.21. The number of anilines is 3. The van der Waals surface area contributed by atoms with Crippen LogP contribution in [-0.4, -0.2) is 43.0 Å². The number of para-hydroxylation sites is 1. The Bertz CT molecular complexity index is 1500. The van der Waals surface area contributed by atoms with Crippen LogP contribution in [0, 0.1) is 11.8 Å². The number of nitrogens with zero attached hydrogens (tertiary/aromatic N) is 2. The SMILES string of the molecule is CN(C(=O)C#Cc1ccccc1)C1CCN(c2ccc(NC(=O)Nc3ccc(Oc4ccccc4)cc3)cc2)C1. The number of hydrogen-bond acceptors (Lipinski definition) is 4. The molecule has 7 heteroatoms. The van der Waals surface area contributed by atoms with Crippen LogP contribution < -0.4 is 20.3 Å². The highest BCUT2D eigenvalue weighted by Gasteiger charge is 2.28. The summed E-state index contributed by atoms with van der Waals surface area (Å²) in [5.41, 5.74) is 3.21. The highest BCUT2D eigenvalue weighted by atomic mass is 16.5. The number of carbonyl (C=O) groups is 2. The third kappa shape index (κ3) is 7.00. The van der Waals surface area contributed by atoms with Gasteiger partial charge >= 0.3 is 6.03 Å². The Balaban J connectivity index is 1.10. The molecule has 4 aromatic rings. The fourth-order valence-electron chi connectivity index (χ4n) is 4.47. The minimum Gasteiger partial charge on any atom is -0.457 e. The molecule has 5 rings (SSSR count). The van der Waals surface area contributed by atoms with E-state index in [1.807, 2.05) is 104 Å². The summed E-state index contributed by atoms with van der Waals surface area (Å²) in [5, 5.41) is 5.70. The number of urea groups is 1. The Morgan fingerprint density at radius 2 is 1.38 bits per heavy atom. The van der Waals surface area contributed by atoms with E-state index in [0.29, 0.717) is 17.1 Å². The van der Waals surface area contributed by atoms with E-state index >= 15 is 0 Å². The van der Waals surface area contributed by atoms with Crippen LogP contribution in [0.5, 0.6) is 11.5 Å².